The first-order chi connectivity index (χ1) is 15.8. The van der Waals surface area contributed by atoms with E-state index < -0.39 is 16.0 Å². The van der Waals surface area contributed by atoms with Crippen molar-refractivity contribution < 1.29 is 17.9 Å². The maximum atomic E-state index is 12.7. The Hall–Kier alpha value is -2.85. The molecule has 0 aliphatic heterocycles. The maximum Gasteiger partial charge on any atom is 0.311 e. The molecule has 0 unspecified atom stereocenters. The molecule has 6 nitrogen and oxygen atoms in total. The van der Waals surface area contributed by atoms with Gasteiger partial charge in [0.1, 0.15) is 11.6 Å². The molecule has 2 aromatic carbocycles. The van der Waals surface area contributed by atoms with E-state index in [1.165, 1.54) is 37.6 Å². The SMILES string of the molecule is CN(C)S(=O)(=O)c1cccc(COC(=O)Cc2sc(-c3ccccc3)nc2-c2cccs2)c1. The van der Waals surface area contributed by atoms with Crippen LogP contribution in [0.25, 0.3) is 21.1 Å². The number of hydrogen-bond acceptors (Lipinski definition) is 7. The second-order valence-electron chi connectivity index (χ2n) is 7.41. The molecule has 0 saturated heterocycles. The predicted octanol–water partition coefficient (Wildman–Crippen LogP) is 5.07. The smallest absolute Gasteiger partial charge is 0.311 e. The van der Waals surface area contributed by atoms with E-state index in [0.29, 0.717) is 5.56 Å². The van der Waals surface area contributed by atoms with Crippen LogP contribution in [0.4, 0.5) is 0 Å². The Morgan fingerprint density at radius 3 is 2.52 bits per heavy atom. The summed E-state index contributed by atoms with van der Waals surface area (Å²) in [6.45, 7) is -0.00565. The first kappa shape index (κ1) is 23.3. The van der Waals surface area contributed by atoms with Crippen LogP contribution in [0.2, 0.25) is 0 Å². The Morgan fingerprint density at radius 1 is 1.03 bits per heavy atom. The zero-order chi connectivity index (χ0) is 23.4. The summed E-state index contributed by atoms with van der Waals surface area (Å²) < 4.78 is 31.3. The fourth-order valence-corrected chi connectivity index (χ4v) is 5.98. The Kier molecular flexibility index (Phi) is 7.04. The van der Waals surface area contributed by atoms with E-state index in [4.69, 9.17) is 9.72 Å². The van der Waals surface area contributed by atoms with Crippen molar-refractivity contribution in [2.75, 3.05) is 14.1 Å². The minimum Gasteiger partial charge on any atom is -0.461 e. The van der Waals surface area contributed by atoms with Crippen LogP contribution in [0.1, 0.15) is 10.4 Å². The van der Waals surface area contributed by atoms with Crippen LogP contribution in [0, 0.1) is 0 Å². The fourth-order valence-electron chi connectivity index (χ4n) is 3.13. The van der Waals surface area contributed by atoms with Gasteiger partial charge < -0.3 is 4.74 Å². The number of nitrogens with zero attached hydrogens (tertiary/aromatic N) is 2. The molecule has 0 bridgehead atoms. The van der Waals surface area contributed by atoms with Gasteiger partial charge in [0.05, 0.1) is 21.9 Å². The molecule has 170 valence electrons. The molecule has 0 aliphatic carbocycles. The summed E-state index contributed by atoms with van der Waals surface area (Å²) in [5.41, 5.74) is 2.41. The molecule has 0 aliphatic rings. The van der Waals surface area contributed by atoms with Crippen molar-refractivity contribution in [1.29, 1.82) is 0 Å². The average Bonchev–Trinajstić information content (AvgIpc) is 3.48. The van der Waals surface area contributed by atoms with Crippen molar-refractivity contribution in [3.05, 3.63) is 82.6 Å². The molecule has 2 heterocycles. The maximum absolute atomic E-state index is 12.7. The lowest BCUT2D eigenvalue weighted by Gasteiger charge is -2.12. The van der Waals surface area contributed by atoms with Crippen LogP contribution in [-0.2, 0) is 32.6 Å². The van der Waals surface area contributed by atoms with Crippen LogP contribution in [0.5, 0.6) is 0 Å². The van der Waals surface area contributed by atoms with Gasteiger partial charge in [-0.1, -0.05) is 48.5 Å². The zero-order valence-electron chi connectivity index (χ0n) is 18.1. The Labute approximate surface area is 201 Å². The fraction of sp³-hybridized carbons (Fsp3) is 0.167. The number of thiazole rings is 1. The third-order valence-corrected chi connectivity index (χ3v) is 8.65. The topological polar surface area (TPSA) is 76.6 Å². The summed E-state index contributed by atoms with van der Waals surface area (Å²) >= 11 is 3.05. The molecule has 9 heteroatoms. The van der Waals surface area contributed by atoms with Gasteiger partial charge in [-0.3, -0.25) is 4.79 Å². The first-order valence-electron chi connectivity index (χ1n) is 10.1. The average molecular weight is 499 g/mol. The molecule has 4 aromatic rings. The highest BCUT2D eigenvalue weighted by molar-refractivity contribution is 7.89. The summed E-state index contributed by atoms with van der Waals surface area (Å²) in [7, 11) is -0.597. The van der Waals surface area contributed by atoms with E-state index in [9.17, 15) is 13.2 Å². The van der Waals surface area contributed by atoms with Crippen molar-refractivity contribution in [1.82, 2.24) is 9.29 Å². The standard InChI is InChI=1S/C24H22N2O4S3/c1-26(2)33(28,29)19-11-6-8-17(14-19)16-30-22(27)15-21-23(20-12-7-13-31-20)25-24(32-21)18-9-4-3-5-10-18/h3-14H,15-16H2,1-2H3. The molecule has 33 heavy (non-hydrogen) atoms. The van der Waals surface area contributed by atoms with Crippen molar-refractivity contribution in [2.45, 2.75) is 17.9 Å². The van der Waals surface area contributed by atoms with Crippen LogP contribution >= 0.6 is 22.7 Å². The van der Waals surface area contributed by atoms with E-state index in [0.717, 1.165) is 30.3 Å². The number of carbonyl (C=O) groups excluding carboxylic acids is 1. The van der Waals surface area contributed by atoms with Gasteiger partial charge in [-0.05, 0) is 29.1 Å². The van der Waals surface area contributed by atoms with Gasteiger partial charge in [-0.15, -0.1) is 22.7 Å². The molecular formula is C24H22N2O4S3. The second-order valence-corrected chi connectivity index (χ2v) is 11.6. The van der Waals surface area contributed by atoms with Crippen molar-refractivity contribution in [3.8, 4) is 21.1 Å². The predicted molar refractivity (Wildman–Crippen MR) is 132 cm³/mol. The third kappa shape index (κ3) is 5.39. The van der Waals surface area contributed by atoms with Crippen LogP contribution in [0.15, 0.2) is 77.0 Å². The van der Waals surface area contributed by atoms with E-state index in [1.807, 2.05) is 47.8 Å². The van der Waals surface area contributed by atoms with E-state index >= 15 is 0 Å². The van der Waals surface area contributed by atoms with Gasteiger partial charge in [-0.2, -0.15) is 0 Å². The van der Waals surface area contributed by atoms with E-state index in [1.54, 1.807) is 23.5 Å². The summed E-state index contributed by atoms with van der Waals surface area (Å²) in [6, 6.07) is 20.2. The summed E-state index contributed by atoms with van der Waals surface area (Å²) in [5, 5.41) is 2.83. The highest BCUT2D eigenvalue weighted by atomic mass is 32.2. The molecule has 4 rings (SSSR count). The number of carbonyl (C=O) groups is 1. The number of aromatic nitrogens is 1. The van der Waals surface area contributed by atoms with Gasteiger partial charge in [0.15, 0.2) is 0 Å². The molecule has 0 radical (unpaired) electrons. The van der Waals surface area contributed by atoms with Gasteiger partial charge in [0.25, 0.3) is 0 Å². The minimum absolute atomic E-state index is 0.00565. The summed E-state index contributed by atoms with van der Waals surface area (Å²) in [6.07, 6.45) is 0.0907. The summed E-state index contributed by atoms with van der Waals surface area (Å²) in [4.78, 5) is 19.5. The molecule has 0 amide bonds. The van der Waals surface area contributed by atoms with Crippen molar-refractivity contribution >= 4 is 38.7 Å². The van der Waals surface area contributed by atoms with E-state index in [2.05, 4.69) is 0 Å². The Morgan fingerprint density at radius 2 is 1.82 bits per heavy atom. The molecular weight excluding hydrogens is 476 g/mol. The highest BCUT2D eigenvalue weighted by Crippen LogP contribution is 2.36. The Bertz CT molecular complexity index is 1350. The van der Waals surface area contributed by atoms with Crippen molar-refractivity contribution in [2.24, 2.45) is 0 Å². The van der Waals surface area contributed by atoms with Crippen molar-refractivity contribution in [3.63, 3.8) is 0 Å². The number of thiophene rings is 1. The third-order valence-electron chi connectivity index (χ3n) is 4.85. The first-order valence-corrected chi connectivity index (χ1v) is 13.2. The number of ether oxygens (including phenoxy) is 1. The largest absolute Gasteiger partial charge is 0.461 e. The lowest BCUT2D eigenvalue weighted by atomic mass is 10.2. The number of esters is 1. The Balaban J connectivity index is 1.51. The van der Waals surface area contributed by atoms with Gasteiger partial charge in [-0.25, -0.2) is 17.7 Å². The van der Waals surface area contributed by atoms with Crippen LogP contribution in [0.3, 0.4) is 0 Å². The molecule has 0 saturated carbocycles. The normalized spacial score (nSPS) is 11.6. The minimum atomic E-state index is -3.55. The number of sulfonamides is 1. The molecule has 0 fully saturated rings. The molecule has 0 atom stereocenters. The molecule has 0 N–H and O–H groups in total. The van der Waals surface area contributed by atoms with Gasteiger partial charge >= 0.3 is 5.97 Å². The van der Waals surface area contributed by atoms with Gasteiger partial charge in [0.2, 0.25) is 10.0 Å². The zero-order valence-corrected chi connectivity index (χ0v) is 20.5. The number of rotatable bonds is 8. The lowest BCUT2D eigenvalue weighted by molar-refractivity contribution is -0.144. The van der Waals surface area contributed by atoms with Crippen LogP contribution in [-0.4, -0.2) is 37.8 Å². The number of benzene rings is 2. The quantitative estimate of drug-likeness (QED) is 0.317. The lowest BCUT2D eigenvalue weighted by Crippen LogP contribution is -2.22. The molecule has 2 aromatic heterocycles. The second kappa shape index (κ2) is 9.96. The monoisotopic (exact) mass is 498 g/mol. The van der Waals surface area contributed by atoms with Crippen LogP contribution < -0.4 is 0 Å². The highest BCUT2D eigenvalue weighted by Gasteiger charge is 2.20. The number of hydrogen-bond donors (Lipinski definition) is 0. The van der Waals surface area contributed by atoms with Gasteiger partial charge in [0, 0.05) is 24.5 Å². The van der Waals surface area contributed by atoms with E-state index in [-0.39, 0.29) is 17.9 Å². The molecule has 0 spiro atoms. The summed E-state index contributed by atoms with van der Waals surface area (Å²) in [5.74, 6) is -0.392.